The molecule has 1 amide bonds. The third kappa shape index (κ3) is 4.70. The Balaban J connectivity index is 1.90. The van der Waals surface area contributed by atoms with Gasteiger partial charge in [-0.05, 0) is 63.3 Å². The van der Waals surface area contributed by atoms with Crippen molar-refractivity contribution < 1.29 is 19.1 Å². The number of rotatable bonds is 7. The topological polar surface area (TPSA) is 71.6 Å². The highest BCUT2D eigenvalue weighted by molar-refractivity contribution is 5.95. The summed E-state index contributed by atoms with van der Waals surface area (Å²) in [6, 6.07) is 7.63. The zero-order chi connectivity index (χ0) is 21.0. The predicted octanol–water partition coefficient (Wildman–Crippen LogP) is 3.94. The van der Waals surface area contributed by atoms with Gasteiger partial charge in [-0.25, -0.2) is 4.79 Å². The molecule has 0 bridgehead atoms. The monoisotopic (exact) mass is 398 g/mol. The highest BCUT2D eigenvalue weighted by atomic mass is 16.5. The van der Waals surface area contributed by atoms with E-state index in [4.69, 9.17) is 9.47 Å². The molecule has 0 aliphatic carbocycles. The summed E-state index contributed by atoms with van der Waals surface area (Å²) in [4.78, 5) is 30.6. The number of H-pyrrole nitrogens is 1. The maximum absolute atomic E-state index is 13.4. The summed E-state index contributed by atoms with van der Waals surface area (Å²) in [6.45, 7) is 9.57. The van der Waals surface area contributed by atoms with Crippen molar-refractivity contribution in [2.45, 2.75) is 53.2 Å². The average Bonchev–Trinajstić information content (AvgIpc) is 3.30. The van der Waals surface area contributed by atoms with Crippen molar-refractivity contribution >= 4 is 11.9 Å². The number of carbonyl (C=O) groups is 2. The van der Waals surface area contributed by atoms with Crippen LogP contribution in [-0.2, 0) is 16.0 Å². The van der Waals surface area contributed by atoms with E-state index in [2.05, 4.69) is 4.98 Å². The first kappa shape index (κ1) is 21.1. The molecule has 1 N–H and O–H groups in total. The number of esters is 1. The third-order valence-electron chi connectivity index (χ3n) is 5.53. The standard InChI is InChI=1S/C23H30N2O4/c1-5-28-23(27)21-16(3)20(17(4)24-21)14-25(13-18-10-8-12-29-18)22(26)19-11-7-6-9-15(19)2/h6-7,9,11,18,24H,5,8,10,12-14H2,1-4H3/t18-/m0/s1. The molecule has 1 aromatic carbocycles. The number of ether oxygens (including phenoxy) is 2. The molecule has 6 nitrogen and oxygen atoms in total. The summed E-state index contributed by atoms with van der Waals surface area (Å²) >= 11 is 0. The number of carbonyl (C=O) groups excluding carboxylic acids is 2. The second-order valence-electron chi connectivity index (χ2n) is 7.58. The molecular formula is C23H30N2O4. The predicted molar refractivity (Wildman–Crippen MR) is 111 cm³/mol. The van der Waals surface area contributed by atoms with Crippen LogP contribution in [0.2, 0.25) is 0 Å². The fourth-order valence-corrected chi connectivity index (χ4v) is 3.86. The highest BCUT2D eigenvalue weighted by Crippen LogP contribution is 2.24. The van der Waals surface area contributed by atoms with E-state index in [-0.39, 0.29) is 18.0 Å². The molecule has 0 radical (unpaired) electrons. The van der Waals surface area contributed by atoms with Crippen LogP contribution in [0.3, 0.4) is 0 Å². The number of hydrogen-bond donors (Lipinski definition) is 1. The SMILES string of the molecule is CCOC(=O)c1[nH]c(C)c(CN(C[C@@H]2CCCO2)C(=O)c2ccccc2C)c1C. The summed E-state index contributed by atoms with van der Waals surface area (Å²) < 4.78 is 10.9. The van der Waals surface area contributed by atoms with Crippen LogP contribution in [0.1, 0.15) is 63.0 Å². The molecule has 29 heavy (non-hydrogen) atoms. The fourth-order valence-electron chi connectivity index (χ4n) is 3.86. The molecular weight excluding hydrogens is 368 g/mol. The van der Waals surface area contributed by atoms with Gasteiger partial charge >= 0.3 is 5.97 Å². The van der Waals surface area contributed by atoms with Crippen molar-refractivity contribution in [2.24, 2.45) is 0 Å². The van der Waals surface area contributed by atoms with E-state index >= 15 is 0 Å². The highest BCUT2D eigenvalue weighted by Gasteiger charge is 2.27. The van der Waals surface area contributed by atoms with E-state index in [1.165, 1.54) is 0 Å². The summed E-state index contributed by atoms with van der Waals surface area (Å²) in [6.07, 6.45) is 2.02. The van der Waals surface area contributed by atoms with Crippen LogP contribution in [-0.4, -0.2) is 47.6 Å². The Bertz CT molecular complexity index is 881. The summed E-state index contributed by atoms with van der Waals surface area (Å²) in [7, 11) is 0. The minimum Gasteiger partial charge on any atom is -0.461 e. The van der Waals surface area contributed by atoms with Gasteiger partial charge in [-0.15, -0.1) is 0 Å². The first-order valence-corrected chi connectivity index (χ1v) is 10.2. The molecule has 2 heterocycles. The van der Waals surface area contributed by atoms with Crippen LogP contribution >= 0.6 is 0 Å². The van der Waals surface area contributed by atoms with Crippen molar-refractivity contribution in [3.8, 4) is 0 Å². The molecule has 1 atom stereocenters. The van der Waals surface area contributed by atoms with E-state index in [1.54, 1.807) is 6.92 Å². The fraction of sp³-hybridized carbons (Fsp3) is 0.478. The largest absolute Gasteiger partial charge is 0.461 e. The quantitative estimate of drug-likeness (QED) is 0.717. The first-order chi connectivity index (χ1) is 13.9. The van der Waals surface area contributed by atoms with Gasteiger partial charge in [-0.1, -0.05) is 18.2 Å². The van der Waals surface area contributed by atoms with Crippen molar-refractivity contribution in [2.75, 3.05) is 19.8 Å². The van der Waals surface area contributed by atoms with Crippen LogP contribution in [0, 0.1) is 20.8 Å². The summed E-state index contributed by atoms with van der Waals surface area (Å²) in [5.74, 6) is -0.383. The molecule has 1 aliphatic rings. The van der Waals surface area contributed by atoms with Gasteiger partial charge in [0.2, 0.25) is 0 Å². The molecule has 156 valence electrons. The van der Waals surface area contributed by atoms with E-state index in [0.29, 0.717) is 31.0 Å². The van der Waals surface area contributed by atoms with Crippen LogP contribution in [0.25, 0.3) is 0 Å². The number of aryl methyl sites for hydroxylation is 2. The smallest absolute Gasteiger partial charge is 0.355 e. The minimum atomic E-state index is -0.366. The number of benzene rings is 1. The Morgan fingerprint density at radius 2 is 2.00 bits per heavy atom. The second-order valence-corrected chi connectivity index (χ2v) is 7.58. The van der Waals surface area contributed by atoms with Crippen molar-refractivity contribution in [1.82, 2.24) is 9.88 Å². The van der Waals surface area contributed by atoms with Gasteiger partial charge in [0.15, 0.2) is 0 Å². The van der Waals surface area contributed by atoms with Crippen LogP contribution in [0.4, 0.5) is 0 Å². The lowest BCUT2D eigenvalue weighted by Crippen LogP contribution is -2.37. The number of aromatic amines is 1. The molecule has 0 saturated carbocycles. The molecule has 1 fully saturated rings. The molecule has 1 saturated heterocycles. The van der Waals surface area contributed by atoms with E-state index in [9.17, 15) is 9.59 Å². The molecule has 6 heteroatoms. The van der Waals surface area contributed by atoms with E-state index < -0.39 is 0 Å². The first-order valence-electron chi connectivity index (χ1n) is 10.2. The molecule has 2 aromatic rings. The lowest BCUT2D eigenvalue weighted by Gasteiger charge is -2.26. The third-order valence-corrected chi connectivity index (χ3v) is 5.53. The second kappa shape index (κ2) is 9.27. The maximum Gasteiger partial charge on any atom is 0.355 e. The van der Waals surface area contributed by atoms with E-state index in [0.717, 1.165) is 41.8 Å². The number of nitrogens with zero attached hydrogens (tertiary/aromatic N) is 1. The Morgan fingerprint density at radius 3 is 2.66 bits per heavy atom. The van der Waals surface area contributed by atoms with Gasteiger partial charge in [-0.3, -0.25) is 4.79 Å². The minimum absolute atomic E-state index is 0.0173. The van der Waals surface area contributed by atoms with Gasteiger partial charge in [0, 0.05) is 31.0 Å². The van der Waals surface area contributed by atoms with Gasteiger partial charge in [-0.2, -0.15) is 0 Å². The van der Waals surface area contributed by atoms with Crippen LogP contribution in [0.5, 0.6) is 0 Å². The zero-order valence-electron chi connectivity index (χ0n) is 17.7. The average molecular weight is 399 g/mol. The number of amides is 1. The van der Waals surface area contributed by atoms with Gasteiger partial charge in [0.1, 0.15) is 5.69 Å². The Kier molecular flexibility index (Phi) is 6.75. The van der Waals surface area contributed by atoms with Crippen LogP contribution in [0.15, 0.2) is 24.3 Å². The summed E-state index contributed by atoms with van der Waals surface area (Å²) in [5.41, 5.74) is 4.76. The molecule has 0 spiro atoms. The van der Waals surface area contributed by atoms with E-state index in [1.807, 2.05) is 49.9 Å². The lowest BCUT2D eigenvalue weighted by atomic mass is 10.1. The van der Waals surface area contributed by atoms with Gasteiger partial charge < -0.3 is 19.4 Å². The van der Waals surface area contributed by atoms with Crippen molar-refractivity contribution in [3.05, 3.63) is 57.9 Å². The molecule has 3 rings (SSSR count). The van der Waals surface area contributed by atoms with Crippen molar-refractivity contribution in [1.29, 1.82) is 0 Å². The van der Waals surface area contributed by atoms with Crippen LogP contribution < -0.4 is 0 Å². The Labute approximate surface area is 172 Å². The maximum atomic E-state index is 13.4. The normalized spacial score (nSPS) is 16.1. The Morgan fingerprint density at radius 1 is 1.24 bits per heavy atom. The molecule has 0 unspecified atom stereocenters. The molecule has 1 aliphatic heterocycles. The number of nitrogens with one attached hydrogen (secondary N) is 1. The molecule has 1 aromatic heterocycles. The van der Waals surface area contributed by atoms with Gasteiger partial charge in [0.25, 0.3) is 5.91 Å². The van der Waals surface area contributed by atoms with Gasteiger partial charge in [0.05, 0.1) is 12.7 Å². The summed E-state index contributed by atoms with van der Waals surface area (Å²) in [5, 5.41) is 0. The number of aromatic nitrogens is 1. The van der Waals surface area contributed by atoms with Crippen molar-refractivity contribution in [3.63, 3.8) is 0 Å². The number of hydrogen-bond acceptors (Lipinski definition) is 4. The lowest BCUT2D eigenvalue weighted by molar-refractivity contribution is 0.0506. The zero-order valence-corrected chi connectivity index (χ0v) is 17.7. The Hall–Kier alpha value is -2.60.